The van der Waals surface area contributed by atoms with Crippen LogP contribution in [-0.2, 0) is 4.74 Å². The molecule has 0 radical (unpaired) electrons. The molecule has 6 nitrogen and oxygen atoms in total. The highest BCUT2D eigenvalue weighted by atomic mass is 35.5. The van der Waals surface area contributed by atoms with Gasteiger partial charge in [0.25, 0.3) is 0 Å². The van der Waals surface area contributed by atoms with Crippen LogP contribution >= 0.6 is 11.6 Å². The fourth-order valence-electron chi connectivity index (χ4n) is 2.42. The van der Waals surface area contributed by atoms with Crippen LogP contribution in [-0.4, -0.2) is 42.4 Å². The van der Waals surface area contributed by atoms with Gasteiger partial charge in [-0.1, -0.05) is 11.6 Å². The molecular weight excluding hydrogens is 347 g/mol. The SMILES string of the molecule is CC(C)O/C(C=N)=C1\CN(C(=O)Nc2ccc(F)c(Cl)c2)C(C)CN1. The molecule has 1 aromatic carbocycles. The van der Waals surface area contributed by atoms with Crippen molar-refractivity contribution in [3.05, 3.63) is 40.5 Å². The monoisotopic (exact) mass is 368 g/mol. The van der Waals surface area contributed by atoms with Gasteiger partial charge < -0.3 is 25.7 Å². The predicted octanol–water partition coefficient (Wildman–Crippen LogP) is 3.59. The Morgan fingerprint density at radius 2 is 2.28 bits per heavy atom. The standard InChI is InChI=1S/C17H22ClFN4O2/c1-10(2)25-16(7-20)15-9-23(11(3)8-21-15)17(24)22-12-4-5-14(19)13(18)6-12/h4-7,10-11,20-21H,8-9H2,1-3H3,(H,22,24)/b16-15+,20-7?. The number of amides is 2. The van der Waals surface area contributed by atoms with E-state index in [1.165, 1.54) is 18.2 Å². The van der Waals surface area contributed by atoms with Crippen LogP contribution in [0.2, 0.25) is 5.02 Å². The van der Waals surface area contributed by atoms with Crippen molar-refractivity contribution in [1.82, 2.24) is 10.2 Å². The molecule has 1 saturated heterocycles. The summed E-state index contributed by atoms with van der Waals surface area (Å²) in [5.74, 6) is -0.133. The summed E-state index contributed by atoms with van der Waals surface area (Å²) in [4.78, 5) is 14.2. The smallest absolute Gasteiger partial charge is 0.322 e. The zero-order chi connectivity index (χ0) is 18.6. The number of carbonyl (C=O) groups is 1. The molecule has 0 aromatic heterocycles. The van der Waals surface area contributed by atoms with Crippen LogP contribution in [0.15, 0.2) is 29.7 Å². The Bertz CT molecular complexity index is 693. The first-order valence-electron chi connectivity index (χ1n) is 7.98. The van der Waals surface area contributed by atoms with Gasteiger partial charge in [-0.05, 0) is 39.0 Å². The third-order valence-corrected chi connectivity index (χ3v) is 3.98. The molecule has 25 heavy (non-hydrogen) atoms. The Labute approximate surface area is 151 Å². The second-order valence-corrected chi connectivity index (χ2v) is 6.48. The normalized spacial score (nSPS) is 19.3. The molecule has 2 amide bonds. The molecule has 0 spiro atoms. The molecule has 1 aromatic rings. The number of urea groups is 1. The van der Waals surface area contributed by atoms with Crippen LogP contribution in [0.4, 0.5) is 14.9 Å². The van der Waals surface area contributed by atoms with Crippen LogP contribution in [0.5, 0.6) is 0 Å². The van der Waals surface area contributed by atoms with Crippen molar-refractivity contribution >= 4 is 29.5 Å². The van der Waals surface area contributed by atoms with E-state index in [1.807, 2.05) is 20.8 Å². The van der Waals surface area contributed by atoms with Gasteiger partial charge in [-0.25, -0.2) is 9.18 Å². The Balaban J connectivity index is 2.15. The summed E-state index contributed by atoms with van der Waals surface area (Å²) in [5.41, 5.74) is 1.09. The summed E-state index contributed by atoms with van der Waals surface area (Å²) in [7, 11) is 0. The van der Waals surface area contributed by atoms with Gasteiger partial charge in [-0.2, -0.15) is 0 Å². The summed E-state index contributed by atoms with van der Waals surface area (Å²) in [5, 5.41) is 13.4. The van der Waals surface area contributed by atoms with Crippen molar-refractivity contribution in [2.24, 2.45) is 0 Å². The van der Waals surface area contributed by atoms with Gasteiger partial charge >= 0.3 is 6.03 Å². The van der Waals surface area contributed by atoms with Crippen LogP contribution in [0.3, 0.4) is 0 Å². The van der Waals surface area contributed by atoms with Gasteiger partial charge in [0.05, 0.1) is 29.6 Å². The van der Waals surface area contributed by atoms with Gasteiger partial charge in [-0.15, -0.1) is 0 Å². The number of ether oxygens (including phenoxy) is 1. The average molecular weight is 369 g/mol. The number of hydrogen-bond acceptors (Lipinski definition) is 4. The molecule has 0 saturated carbocycles. The molecule has 1 aliphatic heterocycles. The first-order valence-corrected chi connectivity index (χ1v) is 8.36. The maximum Gasteiger partial charge on any atom is 0.322 e. The van der Waals surface area contributed by atoms with Crippen LogP contribution in [0, 0.1) is 11.2 Å². The third-order valence-electron chi connectivity index (χ3n) is 3.69. The molecule has 1 unspecified atom stereocenters. The summed E-state index contributed by atoms with van der Waals surface area (Å²) < 4.78 is 18.8. The Morgan fingerprint density at radius 3 is 2.88 bits per heavy atom. The number of carbonyl (C=O) groups excluding carboxylic acids is 1. The van der Waals surface area contributed by atoms with Crippen molar-refractivity contribution in [3.63, 3.8) is 0 Å². The third kappa shape index (κ3) is 4.85. The van der Waals surface area contributed by atoms with Crippen LogP contribution < -0.4 is 10.6 Å². The van der Waals surface area contributed by atoms with Crippen molar-refractivity contribution in [3.8, 4) is 0 Å². The van der Waals surface area contributed by atoms with Gasteiger partial charge in [0, 0.05) is 18.3 Å². The van der Waals surface area contributed by atoms with E-state index in [0.717, 1.165) is 6.21 Å². The molecule has 0 aliphatic carbocycles. The van der Waals surface area contributed by atoms with E-state index >= 15 is 0 Å². The van der Waals surface area contributed by atoms with E-state index in [4.69, 9.17) is 21.7 Å². The summed E-state index contributed by atoms with van der Waals surface area (Å²) in [6.45, 7) is 6.47. The zero-order valence-corrected chi connectivity index (χ0v) is 15.2. The lowest BCUT2D eigenvalue weighted by atomic mass is 10.2. The summed E-state index contributed by atoms with van der Waals surface area (Å²) in [6, 6.07) is 3.62. The van der Waals surface area contributed by atoms with Gasteiger partial charge in [0.15, 0.2) is 5.76 Å². The number of nitrogens with one attached hydrogen (secondary N) is 3. The highest BCUT2D eigenvalue weighted by molar-refractivity contribution is 6.31. The highest BCUT2D eigenvalue weighted by Gasteiger charge is 2.27. The lowest BCUT2D eigenvalue weighted by Crippen LogP contribution is -2.53. The first-order chi connectivity index (χ1) is 11.8. The molecule has 1 atom stereocenters. The molecule has 0 bridgehead atoms. The van der Waals surface area contributed by atoms with Crippen LogP contribution in [0.1, 0.15) is 20.8 Å². The molecular formula is C17H22ClFN4O2. The van der Waals surface area contributed by atoms with E-state index in [9.17, 15) is 9.18 Å². The van der Waals surface area contributed by atoms with Crippen molar-refractivity contribution < 1.29 is 13.9 Å². The number of halogens is 2. The van der Waals surface area contributed by atoms with E-state index < -0.39 is 5.82 Å². The van der Waals surface area contributed by atoms with Gasteiger partial charge in [0.2, 0.25) is 0 Å². The zero-order valence-electron chi connectivity index (χ0n) is 14.4. The highest BCUT2D eigenvalue weighted by Crippen LogP contribution is 2.21. The topological polar surface area (TPSA) is 77.5 Å². The van der Waals surface area contributed by atoms with E-state index in [0.29, 0.717) is 23.7 Å². The average Bonchev–Trinajstić information content (AvgIpc) is 2.56. The largest absolute Gasteiger partial charge is 0.488 e. The molecule has 2 rings (SSSR count). The summed E-state index contributed by atoms with van der Waals surface area (Å²) >= 11 is 5.74. The minimum absolute atomic E-state index is 0.0526. The fourth-order valence-corrected chi connectivity index (χ4v) is 2.60. The number of anilines is 1. The lowest BCUT2D eigenvalue weighted by molar-refractivity contribution is 0.150. The number of nitrogens with zero attached hydrogens (tertiary/aromatic N) is 1. The maximum absolute atomic E-state index is 13.2. The number of rotatable bonds is 4. The van der Waals surface area contributed by atoms with E-state index in [-0.39, 0.29) is 29.7 Å². The molecule has 1 aliphatic rings. The fraction of sp³-hybridized carbons (Fsp3) is 0.412. The summed E-state index contributed by atoms with van der Waals surface area (Å²) in [6.07, 6.45) is 1.06. The van der Waals surface area contributed by atoms with Gasteiger partial charge in [0.1, 0.15) is 5.82 Å². The second-order valence-electron chi connectivity index (χ2n) is 6.07. The molecule has 136 valence electrons. The van der Waals surface area contributed by atoms with Gasteiger partial charge in [-0.3, -0.25) is 0 Å². The van der Waals surface area contributed by atoms with E-state index in [1.54, 1.807) is 4.90 Å². The minimum Gasteiger partial charge on any atom is -0.488 e. The van der Waals surface area contributed by atoms with Crippen molar-refractivity contribution in [2.75, 3.05) is 18.4 Å². The van der Waals surface area contributed by atoms with Crippen molar-refractivity contribution in [1.29, 1.82) is 5.41 Å². The first kappa shape index (κ1) is 19.1. The Kier molecular flexibility index (Phi) is 6.25. The molecule has 3 N–H and O–H groups in total. The number of benzene rings is 1. The quantitative estimate of drug-likeness (QED) is 0.561. The molecule has 8 heteroatoms. The Hall–Kier alpha value is -2.28. The number of hydrogen-bond donors (Lipinski definition) is 3. The predicted molar refractivity (Wildman–Crippen MR) is 96.6 cm³/mol. The molecule has 1 fully saturated rings. The maximum atomic E-state index is 13.2. The minimum atomic E-state index is -0.540. The van der Waals surface area contributed by atoms with Crippen LogP contribution in [0.25, 0.3) is 0 Å². The molecule has 1 heterocycles. The van der Waals surface area contributed by atoms with E-state index in [2.05, 4.69) is 10.6 Å². The lowest BCUT2D eigenvalue weighted by Gasteiger charge is -2.36. The number of piperazine rings is 1. The second kappa shape index (κ2) is 8.20. The van der Waals surface area contributed by atoms with Crippen molar-refractivity contribution in [2.45, 2.75) is 32.9 Å². The number of allylic oxidation sites excluding steroid dienone is 1. The Morgan fingerprint density at radius 1 is 1.56 bits per heavy atom.